The molecule has 2 N–H and O–H groups in total. The van der Waals surface area contributed by atoms with Crippen molar-refractivity contribution in [3.8, 4) is 0 Å². The quantitative estimate of drug-likeness (QED) is 0.537. The fourth-order valence-electron chi connectivity index (χ4n) is 3.15. The molecule has 128 valence electrons. The molecule has 2 aromatic heterocycles. The van der Waals surface area contributed by atoms with E-state index < -0.39 is 0 Å². The van der Waals surface area contributed by atoms with E-state index in [0.29, 0.717) is 6.54 Å². The third kappa shape index (κ3) is 3.35. The highest BCUT2D eigenvalue weighted by molar-refractivity contribution is 5.95. The summed E-state index contributed by atoms with van der Waals surface area (Å²) in [5.41, 5.74) is 4.17. The maximum absolute atomic E-state index is 12.1. The fraction of sp³-hybridized carbons (Fsp3) is 0.0909. The van der Waals surface area contributed by atoms with Gasteiger partial charge in [-0.15, -0.1) is 0 Å². The van der Waals surface area contributed by atoms with Crippen LogP contribution in [0.4, 0.5) is 0 Å². The van der Waals surface area contributed by atoms with Crippen molar-refractivity contribution in [1.29, 1.82) is 0 Å². The lowest BCUT2D eigenvalue weighted by Crippen LogP contribution is -2.23. The average molecular weight is 341 g/mol. The van der Waals surface area contributed by atoms with Crippen LogP contribution in [0.1, 0.15) is 11.1 Å². The number of rotatable bonds is 5. The van der Waals surface area contributed by atoms with E-state index in [9.17, 15) is 4.79 Å². The van der Waals surface area contributed by atoms with Gasteiger partial charge in [0.25, 0.3) is 0 Å². The van der Waals surface area contributed by atoms with E-state index >= 15 is 0 Å². The van der Waals surface area contributed by atoms with Crippen LogP contribution in [0.15, 0.2) is 73.1 Å². The molecule has 0 aliphatic rings. The minimum atomic E-state index is -0.0993. The van der Waals surface area contributed by atoms with Crippen LogP contribution in [0.2, 0.25) is 0 Å². The van der Waals surface area contributed by atoms with Crippen molar-refractivity contribution in [2.75, 3.05) is 6.54 Å². The molecule has 0 saturated carbocycles. The van der Waals surface area contributed by atoms with Crippen molar-refractivity contribution in [1.82, 2.24) is 15.3 Å². The van der Waals surface area contributed by atoms with Crippen LogP contribution in [-0.4, -0.2) is 22.4 Å². The number of nitrogens with one attached hydrogen (secondary N) is 2. The van der Waals surface area contributed by atoms with Crippen LogP contribution < -0.4 is 5.32 Å². The van der Waals surface area contributed by atoms with Crippen molar-refractivity contribution in [3.05, 3.63) is 84.2 Å². The number of para-hydroxylation sites is 2. The summed E-state index contributed by atoms with van der Waals surface area (Å²) >= 11 is 0. The summed E-state index contributed by atoms with van der Waals surface area (Å²) in [6.45, 7) is 0.596. The molecular formula is C22H19N3O. The summed E-state index contributed by atoms with van der Waals surface area (Å²) in [5, 5.41) is 5.22. The van der Waals surface area contributed by atoms with Crippen LogP contribution in [0.5, 0.6) is 0 Å². The van der Waals surface area contributed by atoms with Gasteiger partial charge in [-0.25, -0.2) is 0 Å². The average Bonchev–Trinajstić information content (AvgIpc) is 3.09. The first kappa shape index (κ1) is 16.1. The minimum absolute atomic E-state index is 0.0993. The zero-order valence-corrected chi connectivity index (χ0v) is 14.3. The maximum Gasteiger partial charge on any atom is 0.244 e. The molecule has 4 heteroatoms. The van der Waals surface area contributed by atoms with Gasteiger partial charge >= 0.3 is 0 Å². The van der Waals surface area contributed by atoms with Gasteiger partial charge in [-0.3, -0.25) is 9.78 Å². The second-order valence-corrected chi connectivity index (χ2v) is 6.16. The topological polar surface area (TPSA) is 57.8 Å². The standard InChI is InChI=1S/C22H19N3O/c26-21(11-10-17-6-3-5-16-7-4-13-24-22(16)17)23-14-12-18-15-25-20-9-2-1-8-19(18)20/h1-11,13,15,25H,12,14H2,(H,23,26)/b11-10-. The minimum Gasteiger partial charge on any atom is -0.361 e. The molecular weight excluding hydrogens is 322 g/mol. The number of aromatic nitrogens is 2. The van der Waals surface area contributed by atoms with E-state index in [1.54, 1.807) is 12.3 Å². The number of benzene rings is 2. The van der Waals surface area contributed by atoms with E-state index in [1.165, 1.54) is 10.9 Å². The van der Waals surface area contributed by atoms with E-state index in [0.717, 1.165) is 28.4 Å². The Morgan fingerprint density at radius 3 is 2.92 bits per heavy atom. The number of fused-ring (bicyclic) bond motifs is 2. The lowest BCUT2D eigenvalue weighted by Gasteiger charge is -2.03. The molecule has 0 saturated heterocycles. The monoisotopic (exact) mass is 341 g/mol. The Morgan fingerprint density at radius 2 is 1.96 bits per heavy atom. The summed E-state index contributed by atoms with van der Waals surface area (Å²) in [6, 6.07) is 18.1. The van der Waals surface area contributed by atoms with Crippen molar-refractivity contribution >= 4 is 33.8 Å². The van der Waals surface area contributed by atoms with E-state index in [2.05, 4.69) is 27.4 Å². The van der Waals surface area contributed by atoms with Gasteiger partial charge in [0.1, 0.15) is 0 Å². The van der Waals surface area contributed by atoms with Crippen LogP contribution in [0.3, 0.4) is 0 Å². The number of hydrogen-bond acceptors (Lipinski definition) is 2. The maximum atomic E-state index is 12.1. The summed E-state index contributed by atoms with van der Waals surface area (Å²) in [4.78, 5) is 19.8. The SMILES string of the molecule is O=C(/C=C\c1cccc2cccnc12)NCCc1c[nH]c2ccccc12. The number of amides is 1. The van der Waals surface area contributed by atoms with Crippen LogP contribution in [-0.2, 0) is 11.2 Å². The van der Waals surface area contributed by atoms with Gasteiger partial charge in [0.2, 0.25) is 5.91 Å². The number of H-pyrrole nitrogens is 1. The first-order valence-electron chi connectivity index (χ1n) is 8.66. The van der Waals surface area contributed by atoms with Gasteiger partial charge in [-0.1, -0.05) is 42.5 Å². The van der Waals surface area contributed by atoms with Crippen LogP contribution in [0, 0.1) is 0 Å². The summed E-state index contributed by atoms with van der Waals surface area (Å²) in [7, 11) is 0. The molecule has 2 heterocycles. The number of hydrogen-bond donors (Lipinski definition) is 2. The number of carbonyl (C=O) groups is 1. The second-order valence-electron chi connectivity index (χ2n) is 6.16. The molecule has 4 nitrogen and oxygen atoms in total. The molecule has 0 aliphatic heterocycles. The van der Waals surface area contributed by atoms with E-state index in [-0.39, 0.29) is 5.91 Å². The molecule has 4 aromatic rings. The summed E-state index contributed by atoms with van der Waals surface area (Å²) < 4.78 is 0. The van der Waals surface area contributed by atoms with Gasteiger partial charge < -0.3 is 10.3 Å². The highest BCUT2D eigenvalue weighted by Crippen LogP contribution is 2.18. The lowest BCUT2D eigenvalue weighted by atomic mass is 10.1. The van der Waals surface area contributed by atoms with Gasteiger partial charge in [0.15, 0.2) is 0 Å². The molecule has 4 rings (SSSR count). The molecule has 0 spiro atoms. The Morgan fingerprint density at radius 1 is 1.08 bits per heavy atom. The molecule has 0 unspecified atom stereocenters. The summed E-state index contributed by atoms with van der Waals surface area (Å²) in [6.07, 6.45) is 7.95. The first-order valence-corrected chi connectivity index (χ1v) is 8.66. The number of pyridine rings is 1. The van der Waals surface area contributed by atoms with E-state index in [4.69, 9.17) is 0 Å². The van der Waals surface area contributed by atoms with Crippen molar-refractivity contribution < 1.29 is 4.79 Å². The third-order valence-electron chi connectivity index (χ3n) is 4.45. The molecule has 1 amide bonds. The largest absolute Gasteiger partial charge is 0.361 e. The fourth-order valence-corrected chi connectivity index (χ4v) is 3.15. The molecule has 0 radical (unpaired) electrons. The smallest absolute Gasteiger partial charge is 0.244 e. The van der Waals surface area contributed by atoms with Crippen LogP contribution >= 0.6 is 0 Å². The molecule has 0 bridgehead atoms. The lowest BCUT2D eigenvalue weighted by molar-refractivity contribution is -0.116. The summed E-state index contributed by atoms with van der Waals surface area (Å²) in [5.74, 6) is -0.0993. The Hall–Kier alpha value is -3.40. The van der Waals surface area contributed by atoms with E-state index in [1.807, 2.05) is 54.7 Å². The zero-order chi connectivity index (χ0) is 17.8. The highest BCUT2D eigenvalue weighted by Gasteiger charge is 2.04. The first-order chi connectivity index (χ1) is 12.8. The van der Waals surface area contributed by atoms with Gasteiger partial charge in [0.05, 0.1) is 5.52 Å². The second kappa shape index (κ2) is 7.23. The van der Waals surface area contributed by atoms with Gasteiger partial charge in [-0.2, -0.15) is 0 Å². The molecule has 0 aliphatic carbocycles. The molecule has 0 fully saturated rings. The predicted molar refractivity (Wildman–Crippen MR) is 106 cm³/mol. The Kier molecular flexibility index (Phi) is 4.48. The molecule has 26 heavy (non-hydrogen) atoms. The van der Waals surface area contributed by atoms with Crippen molar-refractivity contribution in [2.45, 2.75) is 6.42 Å². The zero-order valence-electron chi connectivity index (χ0n) is 14.3. The number of nitrogens with zero attached hydrogens (tertiary/aromatic N) is 1. The Bertz CT molecular complexity index is 1090. The number of carbonyl (C=O) groups excluding carboxylic acids is 1. The van der Waals surface area contributed by atoms with Crippen molar-refractivity contribution in [2.24, 2.45) is 0 Å². The van der Waals surface area contributed by atoms with Crippen LogP contribution in [0.25, 0.3) is 27.9 Å². The highest BCUT2D eigenvalue weighted by atomic mass is 16.1. The molecule has 0 atom stereocenters. The predicted octanol–water partition coefficient (Wildman–Crippen LogP) is 4.09. The Balaban J connectivity index is 1.38. The Labute approximate surface area is 151 Å². The molecule has 2 aromatic carbocycles. The third-order valence-corrected chi connectivity index (χ3v) is 4.45. The number of aromatic amines is 1. The van der Waals surface area contributed by atoms with Crippen molar-refractivity contribution in [3.63, 3.8) is 0 Å². The van der Waals surface area contributed by atoms with Gasteiger partial charge in [0, 0.05) is 46.9 Å². The van der Waals surface area contributed by atoms with Gasteiger partial charge in [-0.05, 0) is 30.2 Å². The normalized spacial score (nSPS) is 11.4.